The van der Waals surface area contributed by atoms with Crippen LogP contribution in [-0.2, 0) is 0 Å². The largest absolute Gasteiger partial charge is 0.383 e. The van der Waals surface area contributed by atoms with Gasteiger partial charge in [0.25, 0.3) is 6.43 Å². The third kappa shape index (κ3) is 1.40. The molecule has 3 aromatic heterocycles. The van der Waals surface area contributed by atoms with Crippen LogP contribution in [-0.4, -0.2) is 29.9 Å². The zero-order valence-corrected chi connectivity index (χ0v) is 8.88. The first-order valence-corrected chi connectivity index (χ1v) is 4.95. The van der Waals surface area contributed by atoms with Crippen molar-refractivity contribution in [2.24, 2.45) is 0 Å². The molecule has 0 aliphatic carbocycles. The monoisotopic (exact) mass is 251 g/mol. The second-order valence-electron chi connectivity index (χ2n) is 3.50. The number of fused-ring (bicyclic) bond motifs is 1. The summed E-state index contributed by atoms with van der Waals surface area (Å²) in [7, 11) is 0. The summed E-state index contributed by atoms with van der Waals surface area (Å²) in [6.45, 7) is 0. The van der Waals surface area contributed by atoms with Gasteiger partial charge in [0, 0.05) is 12.3 Å². The second kappa shape index (κ2) is 3.72. The summed E-state index contributed by atoms with van der Waals surface area (Å²) >= 11 is 0. The van der Waals surface area contributed by atoms with Crippen LogP contribution in [0.2, 0.25) is 0 Å². The van der Waals surface area contributed by atoms with Gasteiger partial charge in [0.2, 0.25) is 0 Å². The Morgan fingerprint density at radius 2 is 2.22 bits per heavy atom. The number of alkyl halides is 2. The van der Waals surface area contributed by atoms with Gasteiger partial charge in [0.1, 0.15) is 17.8 Å². The van der Waals surface area contributed by atoms with Crippen LogP contribution in [0, 0.1) is 0 Å². The minimum absolute atomic E-state index is 0.0561. The molecule has 0 amide bonds. The van der Waals surface area contributed by atoms with E-state index in [0.717, 1.165) is 0 Å². The number of nitrogens with zero attached hydrogens (tertiary/aromatic N) is 5. The Kier molecular flexibility index (Phi) is 2.18. The molecule has 0 bridgehead atoms. The molecule has 3 heterocycles. The lowest BCUT2D eigenvalue weighted by Crippen LogP contribution is -2.01. The fourth-order valence-corrected chi connectivity index (χ4v) is 1.68. The van der Waals surface area contributed by atoms with Crippen LogP contribution in [0.15, 0.2) is 18.6 Å². The number of aromatic nitrogens is 6. The first-order valence-electron chi connectivity index (χ1n) is 4.95. The van der Waals surface area contributed by atoms with Gasteiger partial charge in [0.15, 0.2) is 11.5 Å². The molecule has 18 heavy (non-hydrogen) atoms. The Balaban J connectivity index is 2.31. The second-order valence-corrected chi connectivity index (χ2v) is 3.50. The van der Waals surface area contributed by atoms with E-state index in [2.05, 4.69) is 25.3 Å². The van der Waals surface area contributed by atoms with E-state index in [0.29, 0.717) is 5.82 Å². The van der Waals surface area contributed by atoms with E-state index in [4.69, 9.17) is 5.73 Å². The number of nitrogens with one attached hydrogen (secondary N) is 1. The van der Waals surface area contributed by atoms with E-state index in [-0.39, 0.29) is 16.9 Å². The topological polar surface area (TPSA) is 98.3 Å². The van der Waals surface area contributed by atoms with Crippen molar-refractivity contribution in [2.75, 3.05) is 5.73 Å². The van der Waals surface area contributed by atoms with Crippen LogP contribution in [0.4, 0.5) is 14.6 Å². The predicted octanol–water partition coefficient (Wildman–Crippen LogP) is 1.06. The van der Waals surface area contributed by atoms with Crippen molar-refractivity contribution >= 4 is 16.9 Å². The number of aromatic amines is 1. The number of H-pyrrole nitrogens is 1. The standard InChI is InChI=1S/C9H7F2N7/c10-7(11)6-5-8(12)15-16-9(5)18(17-6)4-1-2-13-3-14-4/h1-3,7H,(H3,12,15,16). The van der Waals surface area contributed by atoms with Crippen molar-refractivity contribution in [2.45, 2.75) is 6.43 Å². The molecule has 0 saturated heterocycles. The minimum Gasteiger partial charge on any atom is -0.383 e. The number of hydrogen-bond donors (Lipinski definition) is 2. The van der Waals surface area contributed by atoms with Crippen molar-refractivity contribution in [1.82, 2.24) is 29.9 Å². The third-order valence-electron chi connectivity index (χ3n) is 2.43. The number of nitrogen functional groups attached to an aromatic ring is 1. The molecule has 92 valence electrons. The molecule has 0 aliphatic rings. The van der Waals surface area contributed by atoms with E-state index in [9.17, 15) is 8.78 Å². The van der Waals surface area contributed by atoms with Crippen LogP contribution in [0.3, 0.4) is 0 Å². The zero-order valence-electron chi connectivity index (χ0n) is 8.88. The molecule has 0 aromatic carbocycles. The lowest BCUT2D eigenvalue weighted by atomic mass is 10.3. The molecule has 3 N–H and O–H groups in total. The first kappa shape index (κ1) is 10.6. The predicted molar refractivity (Wildman–Crippen MR) is 58.2 cm³/mol. The smallest absolute Gasteiger partial charge is 0.282 e. The van der Waals surface area contributed by atoms with Crippen molar-refractivity contribution in [1.29, 1.82) is 0 Å². The molecule has 0 atom stereocenters. The molecular weight excluding hydrogens is 244 g/mol. The van der Waals surface area contributed by atoms with E-state index < -0.39 is 12.1 Å². The van der Waals surface area contributed by atoms with Gasteiger partial charge in [-0.05, 0) is 0 Å². The van der Waals surface area contributed by atoms with E-state index >= 15 is 0 Å². The van der Waals surface area contributed by atoms with Gasteiger partial charge < -0.3 is 5.73 Å². The number of hydrogen-bond acceptors (Lipinski definition) is 5. The molecule has 0 radical (unpaired) electrons. The van der Waals surface area contributed by atoms with E-state index in [1.807, 2.05) is 0 Å². The van der Waals surface area contributed by atoms with Crippen LogP contribution >= 0.6 is 0 Å². The van der Waals surface area contributed by atoms with Crippen molar-refractivity contribution in [3.8, 4) is 5.82 Å². The highest BCUT2D eigenvalue weighted by Gasteiger charge is 2.23. The highest BCUT2D eigenvalue weighted by Crippen LogP contribution is 2.30. The number of halogens is 2. The molecule has 3 rings (SSSR count). The normalized spacial score (nSPS) is 11.5. The van der Waals surface area contributed by atoms with Crippen molar-refractivity contribution in [3.05, 3.63) is 24.3 Å². The van der Waals surface area contributed by atoms with Gasteiger partial charge in [-0.15, -0.1) is 0 Å². The Bertz CT molecular complexity index is 688. The summed E-state index contributed by atoms with van der Waals surface area (Å²) in [5, 5.41) is 10.2. The third-order valence-corrected chi connectivity index (χ3v) is 2.43. The number of nitrogens with two attached hydrogens (primary N) is 1. The Hall–Kier alpha value is -2.58. The van der Waals surface area contributed by atoms with Gasteiger partial charge >= 0.3 is 0 Å². The Morgan fingerprint density at radius 3 is 2.89 bits per heavy atom. The fraction of sp³-hybridized carbons (Fsp3) is 0.111. The number of anilines is 1. The quantitative estimate of drug-likeness (QED) is 0.709. The molecule has 3 aromatic rings. The van der Waals surface area contributed by atoms with E-state index in [1.54, 1.807) is 0 Å². The molecule has 7 nitrogen and oxygen atoms in total. The molecule has 0 aliphatic heterocycles. The molecule has 9 heteroatoms. The maximum atomic E-state index is 12.9. The van der Waals surface area contributed by atoms with Gasteiger partial charge in [0.05, 0.1) is 5.39 Å². The van der Waals surface area contributed by atoms with E-state index in [1.165, 1.54) is 23.3 Å². The van der Waals surface area contributed by atoms with Gasteiger partial charge in [-0.3, -0.25) is 5.10 Å². The lowest BCUT2D eigenvalue weighted by Gasteiger charge is -1.98. The van der Waals surface area contributed by atoms with Gasteiger partial charge in [-0.1, -0.05) is 0 Å². The highest BCUT2D eigenvalue weighted by atomic mass is 19.3. The average molecular weight is 251 g/mol. The van der Waals surface area contributed by atoms with Crippen LogP contribution in [0.5, 0.6) is 0 Å². The summed E-state index contributed by atoms with van der Waals surface area (Å²) in [5.41, 5.74) is 5.36. The maximum absolute atomic E-state index is 12.9. The minimum atomic E-state index is -2.74. The zero-order chi connectivity index (χ0) is 12.7. The van der Waals surface area contributed by atoms with Crippen LogP contribution < -0.4 is 5.73 Å². The maximum Gasteiger partial charge on any atom is 0.282 e. The Morgan fingerprint density at radius 1 is 1.39 bits per heavy atom. The molecule has 0 fully saturated rings. The summed E-state index contributed by atoms with van der Waals surface area (Å²) in [6, 6.07) is 1.53. The fourth-order valence-electron chi connectivity index (χ4n) is 1.68. The Labute approximate surface area is 98.6 Å². The number of rotatable bonds is 2. The highest BCUT2D eigenvalue weighted by molar-refractivity contribution is 5.89. The summed E-state index contributed by atoms with van der Waals surface area (Å²) in [4.78, 5) is 7.68. The summed E-state index contributed by atoms with van der Waals surface area (Å²) in [5.74, 6) is 0.397. The molecule has 0 spiro atoms. The summed E-state index contributed by atoms with van der Waals surface area (Å²) in [6.07, 6.45) is 0.0323. The van der Waals surface area contributed by atoms with Crippen molar-refractivity contribution in [3.63, 3.8) is 0 Å². The van der Waals surface area contributed by atoms with Gasteiger partial charge in [-0.2, -0.15) is 14.9 Å². The van der Waals surface area contributed by atoms with Gasteiger partial charge in [-0.25, -0.2) is 18.7 Å². The molecule has 0 unspecified atom stereocenters. The summed E-state index contributed by atoms with van der Waals surface area (Å²) < 4.78 is 27.0. The molecule has 0 saturated carbocycles. The van der Waals surface area contributed by atoms with Crippen LogP contribution in [0.25, 0.3) is 16.9 Å². The average Bonchev–Trinajstić information content (AvgIpc) is 2.92. The molecular formula is C9H7F2N7. The first-order chi connectivity index (χ1) is 8.68. The van der Waals surface area contributed by atoms with Crippen molar-refractivity contribution < 1.29 is 8.78 Å². The lowest BCUT2D eigenvalue weighted by molar-refractivity contribution is 0.147. The van der Waals surface area contributed by atoms with Crippen LogP contribution in [0.1, 0.15) is 12.1 Å². The SMILES string of the molecule is Nc1[nH]nc2c1c(C(F)F)nn2-c1ccncn1.